The van der Waals surface area contributed by atoms with Crippen molar-refractivity contribution < 1.29 is 19.8 Å². The number of hydrogen-bond acceptors (Lipinski definition) is 4. The predicted octanol–water partition coefficient (Wildman–Crippen LogP) is 0.384. The first kappa shape index (κ1) is 13.4. The number of rotatable bonds is 5. The molecule has 1 aromatic rings. The van der Waals surface area contributed by atoms with Gasteiger partial charge in [0.05, 0.1) is 19.1 Å². The SMILES string of the molecule is Nc1ccc2c(c1)CC(=O)N2CC(O)CCC(=O)O. The van der Waals surface area contributed by atoms with E-state index in [0.29, 0.717) is 5.69 Å². The average Bonchev–Trinajstić information content (AvgIpc) is 2.62. The summed E-state index contributed by atoms with van der Waals surface area (Å²) in [5.41, 5.74) is 7.84. The Morgan fingerprint density at radius 3 is 2.89 bits per heavy atom. The molecule has 0 saturated carbocycles. The lowest BCUT2D eigenvalue weighted by Gasteiger charge is -2.21. The van der Waals surface area contributed by atoms with Gasteiger partial charge in [0.15, 0.2) is 0 Å². The second-order valence-electron chi connectivity index (χ2n) is 4.66. The Morgan fingerprint density at radius 2 is 2.21 bits per heavy atom. The van der Waals surface area contributed by atoms with Gasteiger partial charge in [-0.1, -0.05) is 0 Å². The molecule has 102 valence electrons. The van der Waals surface area contributed by atoms with Gasteiger partial charge >= 0.3 is 5.97 Å². The smallest absolute Gasteiger partial charge is 0.303 e. The molecule has 1 amide bonds. The summed E-state index contributed by atoms with van der Waals surface area (Å²) in [7, 11) is 0. The van der Waals surface area contributed by atoms with Crippen LogP contribution in [0.4, 0.5) is 11.4 Å². The molecule has 19 heavy (non-hydrogen) atoms. The molecule has 1 aliphatic heterocycles. The van der Waals surface area contributed by atoms with Crippen LogP contribution in [-0.2, 0) is 16.0 Å². The first-order chi connectivity index (χ1) is 8.97. The second-order valence-corrected chi connectivity index (χ2v) is 4.66. The van der Waals surface area contributed by atoms with E-state index in [1.165, 1.54) is 4.90 Å². The molecule has 6 heteroatoms. The Bertz CT molecular complexity index is 515. The first-order valence-corrected chi connectivity index (χ1v) is 6.06. The minimum absolute atomic E-state index is 0.102. The largest absolute Gasteiger partial charge is 0.481 e. The third-order valence-electron chi connectivity index (χ3n) is 3.12. The summed E-state index contributed by atoms with van der Waals surface area (Å²) in [6.45, 7) is 0.114. The summed E-state index contributed by atoms with van der Waals surface area (Å²) < 4.78 is 0. The Hall–Kier alpha value is -2.08. The number of carboxylic acid groups (broad SMARTS) is 1. The summed E-state index contributed by atoms with van der Waals surface area (Å²) in [5.74, 6) is -1.06. The number of aliphatic hydroxyl groups excluding tert-OH is 1. The lowest BCUT2D eigenvalue weighted by Crippen LogP contribution is -2.35. The molecule has 0 aliphatic carbocycles. The molecule has 1 unspecified atom stereocenters. The van der Waals surface area contributed by atoms with E-state index in [-0.39, 0.29) is 31.7 Å². The van der Waals surface area contributed by atoms with E-state index in [2.05, 4.69) is 0 Å². The molecule has 0 saturated heterocycles. The Labute approximate surface area is 110 Å². The molecule has 1 heterocycles. The molecule has 0 aromatic heterocycles. The average molecular weight is 264 g/mol. The molecular formula is C13H16N2O4. The zero-order chi connectivity index (χ0) is 14.0. The summed E-state index contributed by atoms with van der Waals surface area (Å²) in [4.78, 5) is 23.8. The first-order valence-electron chi connectivity index (χ1n) is 6.06. The van der Waals surface area contributed by atoms with Crippen molar-refractivity contribution >= 4 is 23.3 Å². The molecule has 6 nitrogen and oxygen atoms in total. The number of benzene rings is 1. The molecule has 2 rings (SSSR count). The maximum absolute atomic E-state index is 11.9. The molecule has 4 N–H and O–H groups in total. The maximum Gasteiger partial charge on any atom is 0.303 e. The molecule has 1 aliphatic rings. The highest BCUT2D eigenvalue weighted by atomic mass is 16.4. The van der Waals surface area contributed by atoms with Crippen LogP contribution in [-0.4, -0.2) is 34.7 Å². The molecule has 1 atom stereocenters. The Kier molecular flexibility index (Phi) is 3.71. The van der Waals surface area contributed by atoms with E-state index < -0.39 is 12.1 Å². The van der Waals surface area contributed by atoms with Crippen LogP contribution in [0.25, 0.3) is 0 Å². The number of hydrogen-bond donors (Lipinski definition) is 3. The van der Waals surface area contributed by atoms with Crippen molar-refractivity contribution in [2.24, 2.45) is 0 Å². The highest BCUT2D eigenvalue weighted by Gasteiger charge is 2.28. The summed E-state index contributed by atoms with van der Waals surface area (Å²) in [6, 6.07) is 5.20. The topological polar surface area (TPSA) is 104 Å². The van der Waals surface area contributed by atoms with Crippen LogP contribution >= 0.6 is 0 Å². The number of anilines is 2. The van der Waals surface area contributed by atoms with Crippen LogP contribution in [0, 0.1) is 0 Å². The van der Waals surface area contributed by atoms with E-state index in [9.17, 15) is 14.7 Å². The number of carbonyl (C=O) groups is 2. The monoisotopic (exact) mass is 264 g/mol. The third kappa shape index (κ3) is 3.03. The minimum Gasteiger partial charge on any atom is -0.481 e. The van der Waals surface area contributed by atoms with Gasteiger partial charge in [-0.05, 0) is 30.2 Å². The van der Waals surface area contributed by atoms with Gasteiger partial charge in [0, 0.05) is 17.8 Å². The maximum atomic E-state index is 11.9. The van der Waals surface area contributed by atoms with E-state index >= 15 is 0 Å². The van der Waals surface area contributed by atoms with Crippen molar-refractivity contribution in [1.82, 2.24) is 0 Å². The van der Waals surface area contributed by atoms with Crippen LogP contribution < -0.4 is 10.6 Å². The number of fused-ring (bicyclic) bond motifs is 1. The fraction of sp³-hybridized carbons (Fsp3) is 0.385. The minimum atomic E-state index is -0.958. The van der Waals surface area contributed by atoms with Crippen molar-refractivity contribution in [3.05, 3.63) is 23.8 Å². The number of β-amino-alcohol motifs (C(OH)–C–C–N with tert-alkyl or cyclic N) is 1. The van der Waals surface area contributed by atoms with Gasteiger partial charge in [-0.15, -0.1) is 0 Å². The van der Waals surface area contributed by atoms with E-state index in [1.807, 2.05) is 0 Å². The van der Waals surface area contributed by atoms with Crippen LogP contribution in [0.15, 0.2) is 18.2 Å². The van der Waals surface area contributed by atoms with Gasteiger partial charge in [0.1, 0.15) is 0 Å². The highest BCUT2D eigenvalue weighted by Crippen LogP contribution is 2.30. The van der Waals surface area contributed by atoms with Gasteiger partial charge < -0.3 is 20.8 Å². The molecule has 0 radical (unpaired) electrons. The van der Waals surface area contributed by atoms with Crippen molar-refractivity contribution in [2.45, 2.75) is 25.4 Å². The van der Waals surface area contributed by atoms with Gasteiger partial charge in [0.25, 0.3) is 0 Å². The van der Waals surface area contributed by atoms with Gasteiger partial charge in [0.2, 0.25) is 5.91 Å². The third-order valence-corrected chi connectivity index (χ3v) is 3.12. The van der Waals surface area contributed by atoms with Crippen LogP contribution in [0.1, 0.15) is 18.4 Å². The lowest BCUT2D eigenvalue weighted by molar-refractivity contribution is -0.137. The summed E-state index contributed by atoms with van der Waals surface area (Å²) >= 11 is 0. The highest BCUT2D eigenvalue weighted by molar-refractivity contribution is 6.01. The number of nitrogen functional groups attached to an aromatic ring is 1. The van der Waals surface area contributed by atoms with Crippen molar-refractivity contribution in [3.8, 4) is 0 Å². The number of amides is 1. The fourth-order valence-corrected chi connectivity index (χ4v) is 2.20. The van der Waals surface area contributed by atoms with Crippen molar-refractivity contribution in [3.63, 3.8) is 0 Å². The van der Waals surface area contributed by atoms with Crippen LogP contribution in [0.3, 0.4) is 0 Å². The van der Waals surface area contributed by atoms with Gasteiger partial charge in [-0.25, -0.2) is 0 Å². The Balaban J connectivity index is 2.05. The summed E-state index contributed by atoms with van der Waals surface area (Å²) in [6.07, 6.45) is -0.559. The van der Waals surface area contributed by atoms with Gasteiger partial charge in [-0.3, -0.25) is 9.59 Å². The molecule has 0 spiro atoms. The lowest BCUT2D eigenvalue weighted by atomic mass is 10.1. The van der Waals surface area contributed by atoms with Crippen LogP contribution in [0.5, 0.6) is 0 Å². The number of nitrogens with two attached hydrogens (primary N) is 1. The van der Waals surface area contributed by atoms with Crippen molar-refractivity contribution in [1.29, 1.82) is 0 Å². The molecule has 0 bridgehead atoms. The number of carboxylic acids is 1. The zero-order valence-electron chi connectivity index (χ0n) is 10.4. The summed E-state index contributed by atoms with van der Waals surface area (Å²) in [5, 5.41) is 18.3. The Morgan fingerprint density at radius 1 is 1.47 bits per heavy atom. The fourth-order valence-electron chi connectivity index (χ4n) is 2.20. The molecule has 0 fully saturated rings. The predicted molar refractivity (Wildman–Crippen MR) is 69.8 cm³/mol. The number of aliphatic hydroxyl groups is 1. The van der Waals surface area contributed by atoms with Gasteiger partial charge in [-0.2, -0.15) is 0 Å². The van der Waals surface area contributed by atoms with Crippen LogP contribution in [0.2, 0.25) is 0 Å². The standard InChI is InChI=1S/C13H16N2O4/c14-9-1-3-11-8(5-9)6-12(17)15(11)7-10(16)2-4-13(18)19/h1,3,5,10,16H,2,4,6-7,14H2,(H,18,19). The van der Waals surface area contributed by atoms with Crippen molar-refractivity contribution in [2.75, 3.05) is 17.2 Å². The number of aliphatic carboxylic acids is 1. The number of nitrogens with zero attached hydrogens (tertiary/aromatic N) is 1. The molecule has 1 aromatic carbocycles. The van der Waals surface area contributed by atoms with E-state index in [4.69, 9.17) is 10.8 Å². The normalized spacial score (nSPS) is 15.4. The zero-order valence-corrected chi connectivity index (χ0v) is 10.4. The quantitative estimate of drug-likeness (QED) is 0.667. The number of carbonyl (C=O) groups excluding carboxylic acids is 1. The van der Waals surface area contributed by atoms with E-state index in [1.54, 1.807) is 18.2 Å². The molecular weight excluding hydrogens is 248 g/mol. The van der Waals surface area contributed by atoms with E-state index in [0.717, 1.165) is 11.3 Å². The second kappa shape index (κ2) is 5.27.